The summed E-state index contributed by atoms with van der Waals surface area (Å²) in [6, 6.07) is 8.97. The van der Waals surface area contributed by atoms with Crippen LogP contribution in [0.2, 0.25) is 0 Å². The van der Waals surface area contributed by atoms with Crippen LogP contribution in [0.25, 0.3) is 0 Å². The third kappa shape index (κ3) is 3.28. The summed E-state index contributed by atoms with van der Waals surface area (Å²) in [5.74, 6) is -0.287. The zero-order chi connectivity index (χ0) is 16.2. The van der Waals surface area contributed by atoms with Crippen LogP contribution in [0, 0.1) is 28.5 Å². The van der Waals surface area contributed by atoms with E-state index in [0.717, 1.165) is 26.2 Å². The maximum atomic E-state index is 14.4. The molecule has 3 rings (SSSR count). The van der Waals surface area contributed by atoms with Crippen LogP contribution in [-0.4, -0.2) is 37.1 Å². The number of hydrogen-bond donors (Lipinski definition) is 1. The molecule has 2 heterocycles. The molecular weight excluding hydrogens is 293 g/mol. The Morgan fingerprint density at radius 1 is 1.26 bits per heavy atom. The van der Waals surface area contributed by atoms with Crippen LogP contribution in [0.15, 0.2) is 30.0 Å². The highest BCUT2D eigenvalue weighted by Gasteiger charge is 2.31. The Labute approximate surface area is 135 Å². The van der Waals surface area contributed by atoms with E-state index in [4.69, 9.17) is 10.5 Å². The number of halogens is 1. The average Bonchev–Trinajstić information content (AvgIpc) is 3.03. The van der Waals surface area contributed by atoms with Gasteiger partial charge in [-0.3, -0.25) is 4.90 Å². The van der Waals surface area contributed by atoms with Crippen LogP contribution in [0.3, 0.4) is 0 Å². The van der Waals surface area contributed by atoms with Crippen molar-refractivity contribution in [2.45, 2.75) is 18.9 Å². The Bertz CT molecular complexity index is 684. The van der Waals surface area contributed by atoms with Gasteiger partial charge in [0.1, 0.15) is 23.5 Å². The summed E-state index contributed by atoms with van der Waals surface area (Å²) >= 11 is 0. The highest BCUT2D eigenvalue weighted by Crippen LogP contribution is 2.28. The zero-order valence-electron chi connectivity index (χ0n) is 12.8. The number of hydrogen-bond acceptors (Lipinski definition) is 5. The Morgan fingerprint density at radius 3 is 2.83 bits per heavy atom. The zero-order valence-corrected chi connectivity index (χ0v) is 12.8. The van der Waals surface area contributed by atoms with Crippen LogP contribution >= 0.6 is 0 Å². The second kappa shape index (κ2) is 6.68. The third-order valence-corrected chi connectivity index (χ3v) is 4.50. The van der Waals surface area contributed by atoms with Gasteiger partial charge in [0, 0.05) is 37.6 Å². The minimum absolute atomic E-state index is 0.0492. The molecule has 1 N–H and O–H groups in total. The number of piperazine rings is 1. The summed E-state index contributed by atoms with van der Waals surface area (Å²) in [6.45, 7) is 3.86. The molecule has 0 saturated carbocycles. The lowest BCUT2D eigenvalue weighted by atomic mass is 10.1. The van der Waals surface area contributed by atoms with Gasteiger partial charge in [0.2, 0.25) is 0 Å². The molecule has 1 aromatic rings. The number of fused-ring (bicyclic) bond motifs is 1. The SMILES string of the molecule is N#CC(C#N)=CNc1ccc(N2CCN3CCCC3C2)c(F)c1. The van der Waals surface area contributed by atoms with Crippen molar-refractivity contribution >= 4 is 11.4 Å². The van der Waals surface area contributed by atoms with Gasteiger partial charge in [0.25, 0.3) is 0 Å². The van der Waals surface area contributed by atoms with E-state index in [9.17, 15) is 4.39 Å². The molecule has 1 aromatic carbocycles. The Balaban J connectivity index is 1.71. The highest BCUT2D eigenvalue weighted by atomic mass is 19.1. The molecule has 1 unspecified atom stereocenters. The molecule has 2 fully saturated rings. The summed E-state index contributed by atoms with van der Waals surface area (Å²) in [5.41, 5.74) is 1.09. The molecule has 0 spiro atoms. The van der Waals surface area contributed by atoms with Crippen molar-refractivity contribution in [2.75, 3.05) is 36.4 Å². The van der Waals surface area contributed by atoms with E-state index in [1.807, 2.05) is 0 Å². The first-order chi connectivity index (χ1) is 11.2. The first-order valence-corrected chi connectivity index (χ1v) is 7.76. The molecule has 0 aliphatic carbocycles. The third-order valence-electron chi connectivity index (χ3n) is 4.50. The molecule has 5 nitrogen and oxygen atoms in total. The van der Waals surface area contributed by atoms with Crippen molar-refractivity contribution in [1.82, 2.24) is 4.90 Å². The van der Waals surface area contributed by atoms with E-state index >= 15 is 0 Å². The molecule has 2 saturated heterocycles. The fraction of sp³-hybridized carbons (Fsp3) is 0.412. The van der Waals surface area contributed by atoms with Gasteiger partial charge in [0.05, 0.1) is 5.69 Å². The summed E-state index contributed by atoms with van der Waals surface area (Å²) < 4.78 is 14.4. The number of benzene rings is 1. The van der Waals surface area contributed by atoms with E-state index in [1.54, 1.807) is 24.3 Å². The van der Waals surface area contributed by atoms with E-state index in [2.05, 4.69) is 15.1 Å². The Hall–Kier alpha value is -2.57. The fourth-order valence-corrected chi connectivity index (χ4v) is 3.31. The predicted molar refractivity (Wildman–Crippen MR) is 86.1 cm³/mol. The average molecular weight is 311 g/mol. The van der Waals surface area contributed by atoms with Gasteiger partial charge < -0.3 is 10.2 Å². The van der Waals surface area contributed by atoms with Crippen LogP contribution in [0.1, 0.15) is 12.8 Å². The summed E-state index contributed by atoms with van der Waals surface area (Å²) in [5, 5.41) is 20.1. The molecule has 2 aliphatic heterocycles. The molecule has 23 heavy (non-hydrogen) atoms. The number of nitriles is 2. The first kappa shape index (κ1) is 15.3. The monoisotopic (exact) mass is 311 g/mol. The van der Waals surface area contributed by atoms with Crippen LogP contribution in [-0.2, 0) is 0 Å². The smallest absolute Gasteiger partial charge is 0.148 e. The van der Waals surface area contributed by atoms with Crippen LogP contribution in [0.4, 0.5) is 15.8 Å². The first-order valence-electron chi connectivity index (χ1n) is 7.76. The molecule has 1 atom stereocenters. The van der Waals surface area contributed by atoms with Gasteiger partial charge >= 0.3 is 0 Å². The molecule has 0 aromatic heterocycles. The lowest BCUT2D eigenvalue weighted by molar-refractivity contribution is 0.230. The number of anilines is 2. The maximum Gasteiger partial charge on any atom is 0.148 e. The van der Waals surface area contributed by atoms with Gasteiger partial charge in [-0.05, 0) is 37.6 Å². The molecule has 0 amide bonds. The van der Waals surface area contributed by atoms with E-state index < -0.39 is 0 Å². The normalized spacial score (nSPS) is 20.3. The van der Waals surface area contributed by atoms with Gasteiger partial charge in [-0.25, -0.2) is 4.39 Å². The van der Waals surface area contributed by atoms with Gasteiger partial charge in [-0.1, -0.05) is 0 Å². The Kier molecular flexibility index (Phi) is 4.45. The predicted octanol–water partition coefficient (Wildman–Crippen LogP) is 2.45. The number of nitrogens with zero attached hydrogens (tertiary/aromatic N) is 4. The lowest BCUT2D eigenvalue weighted by Crippen LogP contribution is -2.50. The standard InChI is InChI=1S/C17H18FN5/c18-16-8-14(21-11-13(9-19)10-20)3-4-17(16)23-7-6-22-5-1-2-15(22)12-23/h3-4,8,11,15,21H,1-2,5-7,12H2. The number of nitrogens with one attached hydrogen (secondary N) is 1. The number of allylic oxidation sites excluding steroid dienone is 1. The van der Waals surface area contributed by atoms with Crippen molar-refractivity contribution in [3.63, 3.8) is 0 Å². The maximum absolute atomic E-state index is 14.4. The summed E-state index contributed by atoms with van der Waals surface area (Å²) in [6.07, 6.45) is 3.70. The van der Waals surface area contributed by atoms with E-state index in [-0.39, 0.29) is 11.4 Å². The van der Waals surface area contributed by atoms with Crippen molar-refractivity contribution in [3.05, 3.63) is 35.8 Å². The number of rotatable bonds is 3. The van der Waals surface area contributed by atoms with Crippen molar-refractivity contribution in [1.29, 1.82) is 10.5 Å². The molecule has 6 heteroatoms. The van der Waals surface area contributed by atoms with Crippen LogP contribution in [0.5, 0.6) is 0 Å². The lowest BCUT2D eigenvalue weighted by Gasteiger charge is -2.39. The fourth-order valence-electron chi connectivity index (χ4n) is 3.31. The van der Waals surface area contributed by atoms with E-state index in [1.165, 1.54) is 25.1 Å². The van der Waals surface area contributed by atoms with Gasteiger partial charge in [-0.15, -0.1) is 0 Å². The quantitative estimate of drug-likeness (QED) is 0.869. The van der Waals surface area contributed by atoms with Gasteiger partial charge in [0.15, 0.2) is 0 Å². The summed E-state index contributed by atoms with van der Waals surface area (Å²) in [4.78, 5) is 4.60. The van der Waals surface area contributed by atoms with Crippen LogP contribution < -0.4 is 10.2 Å². The minimum atomic E-state index is -0.287. The molecule has 0 bridgehead atoms. The van der Waals surface area contributed by atoms with Gasteiger partial charge in [-0.2, -0.15) is 10.5 Å². The molecule has 118 valence electrons. The molecular formula is C17H18FN5. The molecule has 2 aliphatic rings. The Morgan fingerprint density at radius 2 is 2.09 bits per heavy atom. The van der Waals surface area contributed by atoms with Crippen molar-refractivity contribution in [2.24, 2.45) is 0 Å². The second-order valence-electron chi connectivity index (χ2n) is 5.87. The topological polar surface area (TPSA) is 66.1 Å². The second-order valence-corrected chi connectivity index (χ2v) is 5.87. The molecule has 0 radical (unpaired) electrons. The highest BCUT2D eigenvalue weighted by molar-refractivity contribution is 5.58. The van der Waals surface area contributed by atoms with Crippen molar-refractivity contribution in [3.8, 4) is 12.1 Å². The minimum Gasteiger partial charge on any atom is -0.366 e. The summed E-state index contributed by atoms with van der Waals surface area (Å²) in [7, 11) is 0. The van der Waals surface area contributed by atoms with Crippen molar-refractivity contribution < 1.29 is 4.39 Å². The largest absolute Gasteiger partial charge is 0.366 e. The van der Waals surface area contributed by atoms with E-state index in [0.29, 0.717) is 17.4 Å².